The molecular weight excluding hydrogens is 430 g/mol. The topological polar surface area (TPSA) is 72.3 Å². The molecule has 1 amide bonds. The van der Waals surface area contributed by atoms with Crippen molar-refractivity contribution in [3.63, 3.8) is 0 Å². The van der Waals surface area contributed by atoms with Crippen LogP contribution in [0.3, 0.4) is 0 Å². The number of hydrogen-bond donors (Lipinski definition) is 2. The molecule has 0 bridgehead atoms. The first-order valence-corrected chi connectivity index (χ1v) is 15.0. The van der Waals surface area contributed by atoms with E-state index in [1.165, 1.54) is 116 Å². The Morgan fingerprint density at radius 3 is 1.20 bits per heavy atom. The highest BCUT2D eigenvalue weighted by Crippen LogP contribution is 2.18. The van der Waals surface area contributed by atoms with Crippen molar-refractivity contribution in [2.24, 2.45) is 0 Å². The Labute approximate surface area is 217 Å². The highest BCUT2D eigenvalue weighted by molar-refractivity contribution is 5.96. The second-order valence-electron chi connectivity index (χ2n) is 10.5. The van der Waals surface area contributed by atoms with Crippen molar-refractivity contribution in [1.82, 2.24) is 4.90 Å². The Morgan fingerprint density at radius 1 is 0.543 bits per heavy atom. The van der Waals surface area contributed by atoms with Crippen LogP contribution in [0.4, 0.5) is 11.4 Å². The molecule has 4 nitrogen and oxygen atoms in total. The van der Waals surface area contributed by atoms with Gasteiger partial charge in [-0.25, -0.2) is 0 Å². The summed E-state index contributed by atoms with van der Waals surface area (Å²) in [5, 5.41) is 0. The summed E-state index contributed by atoms with van der Waals surface area (Å²) in [4.78, 5) is 15.3. The van der Waals surface area contributed by atoms with Crippen LogP contribution in [0.15, 0.2) is 18.2 Å². The molecule has 0 heterocycles. The average molecular weight is 488 g/mol. The van der Waals surface area contributed by atoms with Crippen LogP contribution >= 0.6 is 0 Å². The zero-order valence-electron chi connectivity index (χ0n) is 23.3. The molecule has 0 unspecified atom stereocenters. The summed E-state index contributed by atoms with van der Waals surface area (Å²) >= 11 is 0. The Hall–Kier alpha value is -1.71. The van der Waals surface area contributed by atoms with Crippen molar-refractivity contribution in [3.05, 3.63) is 23.8 Å². The molecule has 0 aliphatic heterocycles. The van der Waals surface area contributed by atoms with E-state index in [2.05, 4.69) is 13.8 Å². The predicted molar refractivity (Wildman–Crippen MR) is 155 cm³/mol. The van der Waals surface area contributed by atoms with Crippen LogP contribution in [0.5, 0.6) is 0 Å². The molecule has 4 N–H and O–H groups in total. The standard InChI is InChI=1S/C31H57N3O/c1-3-5-7-9-11-13-15-17-19-21-23-34(31(35)28-25-29(32)27-30(33)26-28)24-22-20-18-16-14-12-10-8-6-4-2/h25-27H,3-24,32-33H2,1-2H3. The van der Waals surface area contributed by atoms with Gasteiger partial charge in [-0.2, -0.15) is 0 Å². The lowest BCUT2D eigenvalue weighted by atomic mass is 10.1. The summed E-state index contributed by atoms with van der Waals surface area (Å²) in [6, 6.07) is 5.25. The average Bonchev–Trinajstić information content (AvgIpc) is 2.84. The normalized spacial score (nSPS) is 11.1. The minimum Gasteiger partial charge on any atom is -0.399 e. The summed E-state index contributed by atoms with van der Waals surface area (Å²) in [6.45, 7) is 6.21. The van der Waals surface area contributed by atoms with E-state index in [0.717, 1.165) is 25.9 Å². The lowest BCUT2D eigenvalue weighted by molar-refractivity contribution is 0.0749. The number of nitrogens with two attached hydrogens (primary N) is 2. The van der Waals surface area contributed by atoms with E-state index in [1.807, 2.05) is 4.90 Å². The minimum absolute atomic E-state index is 0.0795. The maximum atomic E-state index is 13.2. The first kappa shape index (κ1) is 31.3. The Morgan fingerprint density at radius 2 is 0.857 bits per heavy atom. The monoisotopic (exact) mass is 487 g/mol. The molecule has 0 saturated heterocycles. The fourth-order valence-electron chi connectivity index (χ4n) is 4.88. The molecule has 0 aliphatic carbocycles. The number of carbonyl (C=O) groups excluding carboxylic acids is 1. The molecule has 0 aliphatic rings. The quantitative estimate of drug-likeness (QED) is 0.119. The molecular formula is C31H57N3O. The Kier molecular flexibility index (Phi) is 19.3. The first-order chi connectivity index (χ1) is 17.1. The number of amides is 1. The van der Waals surface area contributed by atoms with Crippen LogP contribution < -0.4 is 11.5 Å². The molecule has 4 heteroatoms. The summed E-state index contributed by atoms with van der Waals surface area (Å²) in [6.07, 6.45) is 26.2. The summed E-state index contributed by atoms with van der Waals surface area (Å²) < 4.78 is 0. The van der Waals surface area contributed by atoms with Gasteiger partial charge in [0, 0.05) is 30.0 Å². The van der Waals surface area contributed by atoms with E-state index >= 15 is 0 Å². The third-order valence-electron chi connectivity index (χ3n) is 7.08. The summed E-state index contributed by atoms with van der Waals surface area (Å²) in [5.41, 5.74) is 13.7. The van der Waals surface area contributed by atoms with Gasteiger partial charge in [0.05, 0.1) is 0 Å². The third-order valence-corrected chi connectivity index (χ3v) is 7.08. The van der Waals surface area contributed by atoms with Gasteiger partial charge in [-0.05, 0) is 31.0 Å². The van der Waals surface area contributed by atoms with E-state index < -0.39 is 0 Å². The van der Waals surface area contributed by atoms with Gasteiger partial charge in [0.15, 0.2) is 0 Å². The maximum absolute atomic E-state index is 13.2. The number of anilines is 2. The number of nitrogen functional groups attached to an aromatic ring is 2. The van der Waals surface area contributed by atoms with E-state index in [1.54, 1.807) is 18.2 Å². The zero-order chi connectivity index (χ0) is 25.6. The molecule has 0 radical (unpaired) electrons. The molecule has 0 atom stereocenters. The SMILES string of the molecule is CCCCCCCCCCCCN(CCCCCCCCCCCC)C(=O)c1cc(N)cc(N)c1. The molecule has 1 rings (SSSR count). The molecule has 1 aromatic carbocycles. The molecule has 0 aromatic heterocycles. The number of rotatable bonds is 23. The number of carbonyl (C=O) groups is 1. The molecule has 0 saturated carbocycles. The molecule has 0 fully saturated rings. The third kappa shape index (κ3) is 16.6. The largest absolute Gasteiger partial charge is 0.399 e. The summed E-state index contributed by atoms with van der Waals surface area (Å²) in [5.74, 6) is 0.0795. The maximum Gasteiger partial charge on any atom is 0.254 e. The zero-order valence-corrected chi connectivity index (χ0v) is 23.3. The van der Waals surface area contributed by atoms with Gasteiger partial charge in [-0.3, -0.25) is 4.79 Å². The fraction of sp³-hybridized carbons (Fsp3) is 0.774. The highest BCUT2D eigenvalue weighted by atomic mass is 16.2. The Bertz CT molecular complexity index is 602. The Balaban J connectivity index is 2.35. The van der Waals surface area contributed by atoms with Crippen molar-refractivity contribution in [2.45, 2.75) is 142 Å². The van der Waals surface area contributed by atoms with E-state index in [-0.39, 0.29) is 5.91 Å². The van der Waals surface area contributed by atoms with E-state index in [4.69, 9.17) is 11.5 Å². The van der Waals surface area contributed by atoms with Gasteiger partial charge < -0.3 is 16.4 Å². The van der Waals surface area contributed by atoms with Crippen LogP contribution in [-0.4, -0.2) is 23.9 Å². The van der Waals surface area contributed by atoms with Crippen LogP contribution in [0, 0.1) is 0 Å². The second kappa shape index (κ2) is 21.6. The van der Waals surface area contributed by atoms with Gasteiger partial charge in [-0.15, -0.1) is 0 Å². The van der Waals surface area contributed by atoms with Crippen LogP contribution in [0.1, 0.15) is 153 Å². The predicted octanol–water partition coefficient (Wildman–Crippen LogP) is 9.14. The fourth-order valence-corrected chi connectivity index (χ4v) is 4.88. The van der Waals surface area contributed by atoms with Crippen molar-refractivity contribution >= 4 is 17.3 Å². The van der Waals surface area contributed by atoms with Crippen molar-refractivity contribution in [1.29, 1.82) is 0 Å². The van der Waals surface area contributed by atoms with Crippen molar-refractivity contribution in [2.75, 3.05) is 24.6 Å². The highest BCUT2D eigenvalue weighted by Gasteiger charge is 2.16. The van der Waals surface area contributed by atoms with Gasteiger partial charge in [-0.1, -0.05) is 129 Å². The number of nitrogens with zero attached hydrogens (tertiary/aromatic N) is 1. The van der Waals surface area contributed by atoms with Gasteiger partial charge in [0.1, 0.15) is 0 Å². The number of hydrogen-bond acceptors (Lipinski definition) is 3. The molecule has 202 valence electrons. The van der Waals surface area contributed by atoms with Crippen molar-refractivity contribution in [3.8, 4) is 0 Å². The van der Waals surface area contributed by atoms with E-state index in [9.17, 15) is 4.79 Å². The van der Waals surface area contributed by atoms with Gasteiger partial charge in [0.25, 0.3) is 5.91 Å². The lowest BCUT2D eigenvalue weighted by Gasteiger charge is -2.23. The number of unbranched alkanes of at least 4 members (excludes halogenated alkanes) is 18. The smallest absolute Gasteiger partial charge is 0.254 e. The second-order valence-corrected chi connectivity index (χ2v) is 10.5. The van der Waals surface area contributed by atoms with Gasteiger partial charge >= 0.3 is 0 Å². The lowest BCUT2D eigenvalue weighted by Crippen LogP contribution is -2.33. The molecule has 0 spiro atoms. The van der Waals surface area contributed by atoms with Crippen molar-refractivity contribution < 1.29 is 4.79 Å². The van der Waals surface area contributed by atoms with Crippen LogP contribution in [0.2, 0.25) is 0 Å². The van der Waals surface area contributed by atoms with Crippen LogP contribution in [0.25, 0.3) is 0 Å². The van der Waals surface area contributed by atoms with Gasteiger partial charge in [0.2, 0.25) is 0 Å². The molecule has 1 aromatic rings. The first-order valence-electron chi connectivity index (χ1n) is 15.0. The van der Waals surface area contributed by atoms with Crippen LogP contribution in [-0.2, 0) is 0 Å². The summed E-state index contributed by atoms with van der Waals surface area (Å²) in [7, 11) is 0. The minimum atomic E-state index is 0.0795. The van der Waals surface area contributed by atoms with E-state index in [0.29, 0.717) is 16.9 Å². The number of benzene rings is 1. The molecule has 35 heavy (non-hydrogen) atoms.